The number of carboxylic acids is 1. The van der Waals surface area contributed by atoms with Crippen molar-refractivity contribution in [1.82, 2.24) is 10.2 Å². The zero-order valence-corrected chi connectivity index (χ0v) is 26.9. The standard InChI is InChI=1S/C36H52N2O3S/c1-26-12-10-11-17-31(26)33-24-29(18-19-32(33)35(39)37-34(36(40)41)20-21-42-3)25-38(2)30(22-27-13-6-4-7-14-27)23-28-15-8-5-9-16-28/h10-12,17-19,24,27-28,30,34H,4-9,13-16,20-23,25H2,1-3H3,(H,37,39)(H,40,41)/t34-/m0/s1. The molecule has 0 aromatic heterocycles. The van der Waals surface area contributed by atoms with Gasteiger partial charge < -0.3 is 10.4 Å². The number of carbonyl (C=O) groups excluding carboxylic acids is 1. The Kier molecular flexibility index (Phi) is 12.8. The summed E-state index contributed by atoms with van der Waals surface area (Å²) in [6, 6.07) is 14.0. The van der Waals surface area contributed by atoms with Crippen molar-refractivity contribution in [3.05, 3.63) is 59.2 Å². The zero-order chi connectivity index (χ0) is 29.9. The van der Waals surface area contributed by atoms with E-state index in [0.717, 1.165) is 35.1 Å². The molecule has 2 saturated carbocycles. The second kappa shape index (κ2) is 16.5. The molecule has 0 spiro atoms. The first kappa shape index (κ1) is 32.6. The van der Waals surface area contributed by atoms with Crippen LogP contribution in [0.4, 0.5) is 0 Å². The third kappa shape index (κ3) is 9.34. The molecule has 0 bridgehead atoms. The van der Waals surface area contributed by atoms with Gasteiger partial charge in [0, 0.05) is 18.2 Å². The number of aryl methyl sites for hydroxylation is 1. The smallest absolute Gasteiger partial charge is 0.326 e. The molecule has 2 aliphatic rings. The first-order valence-corrected chi connectivity index (χ1v) is 17.7. The number of rotatable bonds is 14. The highest BCUT2D eigenvalue weighted by atomic mass is 32.2. The molecule has 0 saturated heterocycles. The maximum atomic E-state index is 13.5. The maximum absolute atomic E-state index is 13.5. The summed E-state index contributed by atoms with van der Waals surface area (Å²) in [5, 5.41) is 12.5. The Labute approximate surface area is 258 Å². The van der Waals surface area contributed by atoms with Gasteiger partial charge in [-0.3, -0.25) is 9.69 Å². The number of aliphatic carboxylic acids is 1. The van der Waals surface area contributed by atoms with Crippen molar-refractivity contribution in [2.75, 3.05) is 19.1 Å². The monoisotopic (exact) mass is 592 g/mol. The van der Waals surface area contributed by atoms with Gasteiger partial charge >= 0.3 is 5.97 Å². The van der Waals surface area contributed by atoms with Crippen molar-refractivity contribution in [3.63, 3.8) is 0 Å². The topological polar surface area (TPSA) is 69.6 Å². The van der Waals surface area contributed by atoms with Crippen LogP contribution in [0.25, 0.3) is 11.1 Å². The molecule has 2 N–H and O–H groups in total. The summed E-state index contributed by atoms with van der Waals surface area (Å²) in [6.45, 7) is 2.91. The Morgan fingerprint density at radius 1 is 0.929 bits per heavy atom. The fourth-order valence-corrected chi connectivity index (χ4v) is 7.67. The van der Waals surface area contributed by atoms with E-state index in [-0.39, 0.29) is 5.91 Å². The second-order valence-corrected chi connectivity index (χ2v) is 13.9. The Morgan fingerprint density at radius 3 is 2.12 bits per heavy atom. The summed E-state index contributed by atoms with van der Waals surface area (Å²) >= 11 is 1.58. The van der Waals surface area contributed by atoms with Crippen LogP contribution in [0.15, 0.2) is 42.5 Å². The first-order valence-electron chi connectivity index (χ1n) is 16.3. The molecule has 0 aliphatic heterocycles. The summed E-state index contributed by atoms with van der Waals surface area (Å²) < 4.78 is 0. The van der Waals surface area contributed by atoms with Crippen LogP contribution in [0, 0.1) is 18.8 Å². The Balaban J connectivity index is 1.58. The third-order valence-corrected chi connectivity index (χ3v) is 10.3. The van der Waals surface area contributed by atoms with Crippen LogP contribution in [-0.4, -0.2) is 53.0 Å². The fourth-order valence-electron chi connectivity index (χ4n) is 7.20. The molecule has 4 rings (SSSR count). The number of amides is 1. The molecular weight excluding hydrogens is 540 g/mol. The quantitative estimate of drug-likeness (QED) is 0.231. The van der Waals surface area contributed by atoms with E-state index in [1.807, 2.05) is 24.5 Å². The molecule has 2 aliphatic carbocycles. The van der Waals surface area contributed by atoms with E-state index in [2.05, 4.69) is 48.5 Å². The minimum atomic E-state index is -0.991. The van der Waals surface area contributed by atoms with E-state index in [1.165, 1.54) is 82.6 Å². The van der Waals surface area contributed by atoms with Crippen molar-refractivity contribution in [3.8, 4) is 11.1 Å². The van der Waals surface area contributed by atoms with Crippen molar-refractivity contribution in [2.45, 2.75) is 109 Å². The van der Waals surface area contributed by atoms with Gasteiger partial charge in [-0.1, -0.05) is 94.5 Å². The maximum Gasteiger partial charge on any atom is 0.326 e. The largest absolute Gasteiger partial charge is 0.480 e. The van der Waals surface area contributed by atoms with Crippen molar-refractivity contribution < 1.29 is 14.7 Å². The summed E-state index contributed by atoms with van der Waals surface area (Å²) in [5.74, 6) is 1.05. The van der Waals surface area contributed by atoms with E-state index in [0.29, 0.717) is 23.8 Å². The molecule has 42 heavy (non-hydrogen) atoms. The van der Waals surface area contributed by atoms with Crippen molar-refractivity contribution >= 4 is 23.6 Å². The minimum Gasteiger partial charge on any atom is -0.480 e. The number of carbonyl (C=O) groups is 2. The molecule has 1 atom stereocenters. The van der Waals surface area contributed by atoms with E-state index >= 15 is 0 Å². The van der Waals surface area contributed by atoms with Crippen molar-refractivity contribution in [1.29, 1.82) is 0 Å². The predicted octanol–water partition coefficient (Wildman–Crippen LogP) is 8.34. The minimum absolute atomic E-state index is 0.325. The molecule has 6 heteroatoms. The number of nitrogens with one attached hydrogen (secondary N) is 1. The summed E-state index contributed by atoms with van der Waals surface area (Å²) in [6.07, 6.45) is 18.8. The molecule has 230 valence electrons. The first-order chi connectivity index (χ1) is 20.4. The fraction of sp³-hybridized carbons (Fsp3) is 0.611. The van der Waals surface area contributed by atoms with Gasteiger partial charge in [0.25, 0.3) is 5.91 Å². The Hall–Kier alpha value is -2.31. The van der Waals surface area contributed by atoms with Gasteiger partial charge in [0.1, 0.15) is 6.04 Å². The van der Waals surface area contributed by atoms with Crippen LogP contribution in [0.1, 0.15) is 105 Å². The predicted molar refractivity (Wildman–Crippen MR) is 176 cm³/mol. The Morgan fingerprint density at radius 2 is 1.55 bits per heavy atom. The molecule has 5 nitrogen and oxygen atoms in total. The summed E-state index contributed by atoms with van der Waals surface area (Å²) in [4.78, 5) is 28.0. The van der Waals surface area contributed by atoms with Crippen LogP contribution in [-0.2, 0) is 11.3 Å². The number of carboxylic acid groups (broad SMARTS) is 1. The molecule has 2 fully saturated rings. The molecule has 0 unspecified atom stereocenters. The highest BCUT2D eigenvalue weighted by Gasteiger charge is 2.27. The summed E-state index contributed by atoms with van der Waals surface area (Å²) in [5.41, 5.74) is 4.72. The summed E-state index contributed by atoms with van der Waals surface area (Å²) in [7, 11) is 2.30. The van der Waals surface area contributed by atoms with Crippen molar-refractivity contribution in [2.24, 2.45) is 11.8 Å². The highest BCUT2D eigenvalue weighted by Crippen LogP contribution is 2.35. The molecule has 2 aromatic carbocycles. The molecule has 1 amide bonds. The lowest BCUT2D eigenvalue weighted by molar-refractivity contribution is -0.139. The van der Waals surface area contributed by atoms with Gasteiger partial charge in [-0.2, -0.15) is 11.8 Å². The van der Waals surface area contributed by atoms with E-state index in [1.54, 1.807) is 11.8 Å². The molecular formula is C36H52N2O3S. The van der Waals surface area contributed by atoms with E-state index in [9.17, 15) is 14.7 Å². The third-order valence-electron chi connectivity index (χ3n) is 9.69. The highest BCUT2D eigenvalue weighted by molar-refractivity contribution is 7.98. The normalized spacial score (nSPS) is 17.5. The van der Waals surface area contributed by atoms with Gasteiger partial charge in [-0.25, -0.2) is 4.79 Å². The zero-order valence-electron chi connectivity index (χ0n) is 26.1. The van der Waals surface area contributed by atoms with Crippen LogP contribution in [0.2, 0.25) is 0 Å². The Bertz CT molecular complexity index is 1140. The average Bonchev–Trinajstić information content (AvgIpc) is 3.00. The number of thioether (sulfide) groups is 1. The van der Waals surface area contributed by atoms with Gasteiger partial charge in [0.2, 0.25) is 0 Å². The van der Waals surface area contributed by atoms with Gasteiger partial charge in [-0.05, 0) is 91.5 Å². The number of hydrogen-bond donors (Lipinski definition) is 2. The number of nitrogens with zero attached hydrogens (tertiary/aromatic N) is 1. The van der Waals surface area contributed by atoms with Crippen LogP contribution in [0.3, 0.4) is 0 Å². The van der Waals surface area contributed by atoms with E-state index < -0.39 is 12.0 Å². The van der Waals surface area contributed by atoms with Crippen LogP contribution < -0.4 is 5.32 Å². The second-order valence-electron chi connectivity index (χ2n) is 12.9. The van der Waals surface area contributed by atoms with Crippen LogP contribution >= 0.6 is 11.8 Å². The SMILES string of the molecule is CSCC[C@H](NC(=O)c1ccc(CN(C)C(CC2CCCCC2)CC2CCCCC2)cc1-c1ccccc1C)C(=O)O. The lowest BCUT2D eigenvalue weighted by Gasteiger charge is -2.36. The lowest BCUT2D eigenvalue weighted by atomic mass is 9.79. The lowest BCUT2D eigenvalue weighted by Crippen LogP contribution is -2.41. The van der Waals surface area contributed by atoms with Gasteiger partial charge in [0.05, 0.1) is 0 Å². The van der Waals surface area contributed by atoms with Crippen LogP contribution in [0.5, 0.6) is 0 Å². The number of benzene rings is 2. The van der Waals surface area contributed by atoms with Gasteiger partial charge in [-0.15, -0.1) is 0 Å². The van der Waals surface area contributed by atoms with E-state index in [4.69, 9.17) is 0 Å². The molecule has 0 radical (unpaired) electrons. The number of hydrogen-bond acceptors (Lipinski definition) is 4. The molecule has 0 heterocycles. The molecule has 2 aromatic rings. The van der Waals surface area contributed by atoms with Gasteiger partial charge in [0.15, 0.2) is 0 Å². The average molecular weight is 593 g/mol.